The molecule has 120 valence electrons. The van der Waals surface area contributed by atoms with Gasteiger partial charge in [-0.25, -0.2) is 15.0 Å². The van der Waals surface area contributed by atoms with Gasteiger partial charge in [0.15, 0.2) is 0 Å². The summed E-state index contributed by atoms with van der Waals surface area (Å²) < 4.78 is 0. The molecule has 24 heavy (non-hydrogen) atoms. The Balaban J connectivity index is 1.41. The first-order chi connectivity index (χ1) is 11.8. The standard InChI is InChI=1S/C19H19N5/c1-13-8-9-15-14(11-13)19(22-12-21-15)20-10-4-7-18-23-16-5-2-3-6-17(16)24-18/h2-3,5-6,8-9,11-12H,4,7,10H2,1H3,(H,23,24)(H,20,21,22). The first kappa shape index (κ1) is 14.6. The van der Waals surface area contributed by atoms with Gasteiger partial charge < -0.3 is 10.3 Å². The molecule has 0 aliphatic carbocycles. The zero-order valence-electron chi connectivity index (χ0n) is 13.6. The van der Waals surface area contributed by atoms with Crippen LogP contribution in [0.4, 0.5) is 5.82 Å². The molecule has 0 atom stereocenters. The van der Waals surface area contributed by atoms with Gasteiger partial charge in [0, 0.05) is 18.4 Å². The Morgan fingerprint density at radius 1 is 1.04 bits per heavy atom. The molecule has 0 radical (unpaired) electrons. The van der Waals surface area contributed by atoms with E-state index in [1.165, 1.54) is 5.56 Å². The van der Waals surface area contributed by atoms with E-state index in [2.05, 4.69) is 50.4 Å². The SMILES string of the molecule is Cc1ccc2ncnc(NCCCc3nc4ccccc4[nH]3)c2c1. The summed E-state index contributed by atoms with van der Waals surface area (Å²) in [5.74, 6) is 1.93. The van der Waals surface area contributed by atoms with Gasteiger partial charge in [0.1, 0.15) is 18.0 Å². The van der Waals surface area contributed by atoms with E-state index in [9.17, 15) is 0 Å². The fourth-order valence-electron chi connectivity index (χ4n) is 2.90. The van der Waals surface area contributed by atoms with E-state index < -0.39 is 0 Å². The highest BCUT2D eigenvalue weighted by Crippen LogP contribution is 2.20. The van der Waals surface area contributed by atoms with E-state index in [1.54, 1.807) is 6.33 Å². The molecular weight excluding hydrogens is 298 g/mol. The quantitative estimate of drug-likeness (QED) is 0.549. The maximum Gasteiger partial charge on any atom is 0.137 e. The summed E-state index contributed by atoms with van der Waals surface area (Å²) in [5.41, 5.74) is 4.30. The highest BCUT2D eigenvalue weighted by atomic mass is 15.0. The second-order valence-corrected chi connectivity index (χ2v) is 5.97. The molecule has 5 heteroatoms. The molecule has 0 fully saturated rings. The predicted molar refractivity (Wildman–Crippen MR) is 97.2 cm³/mol. The number of aromatic nitrogens is 4. The summed E-state index contributed by atoms with van der Waals surface area (Å²) >= 11 is 0. The number of anilines is 1. The number of imidazole rings is 1. The van der Waals surface area contributed by atoms with Crippen molar-refractivity contribution >= 4 is 27.8 Å². The van der Waals surface area contributed by atoms with E-state index in [0.717, 1.165) is 53.0 Å². The van der Waals surface area contributed by atoms with E-state index >= 15 is 0 Å². The van der Waals surface area contributed by atoms with Crippen molar-refractivity contribution in [2.24, 2.45) is 0 Å². The molecule has 0 aliphatic rings. The minimum atomic E-state index is 0.844. The molecular formula is C19H19N5. The molecule has 2 aromatic carbocycles. The first-order valence-electron chi connectivity index (χ1n) is 8.18. The zero-order chi connectivity index (χ0) is 16.4. The molecule has 0 saturated carbocycles. The number of para-hydroxylation sites is 2. The van der Waals surface area contributed by atoms with Gasteiger partial charge >= 0.3 is 0 Å². The minimum Gasteiger partial charge on any atom is -0.369 e. The van der Waals surface area contributed by atoms with Crippen molar-refractivity contribution < 1.29 is 0 Å². The number of nitrogens with one attached hydrogen (secondary N) is 2. The maximum absolute atomic E-state index is 4.61. The number of hydrogen-bond acceptors (Lipinski definition) is 4. The Morgan fingerprint density at radius 2 is 1.96 bits per heavy atom. The zero-order valence-corrected chi connectivity index (χ0v) is 13.6. The Labute approximate surface area is 140 Å². The number of nitrogens with zero attached hydrogens (tertiary/aromatic N) is 3. The molecule has 0 amide bonds. The van der Waals surface area contributed by atoms with Crippen molar-refractivity contribution in [3.8, 4) is 0 Å². The number of H-pyrrole nitrogens is 1. The van der Waals surface area contributed by atoms with Gasteiger partial charge in [-0.1, -0.05) is 23.8 Å². The van der Waals surface area contributed by atoms with Gasteiger partial charge in [0.25, 0.3) is 0 Å². The van der Waals surface area contributed by atoms with Gasteiger partial charge in [-0.3, -0.25) is 0 Å². The number of hydrogen-bond donors (Lipinski definition) is 2. The van der Waals surface area contributed by atoms with Gasteiger partial charge in [0.05, 0.1) is 16.6 Å². The van der Waals surface area contributed by atoms with E-state index in [4.69, 9.17) is 0 Å². The fourth-order valence-corrected chi connectivity index (χ4v) is 2.90. The molecule has 0 saturated heterocycles. The van der Waals surface area contributed by atoms with Crippen LogP contribution in [0.1, 0.15) is 17.8 Å². The minimum absolute atomic E-state index is 0.844. The number of benzene rings is 2. The highest BCUT2D eigenvalue weighted by Gasteiger charge is 2.05. The maximum atomic E-state index is 4.61. The number of rotatable bonds is 5. The molecule has 0 aliphatic heterocycles. The van der Waals surface area contributed by atoms with Gasteiger partial charge in [0.2, 0.25) is 0 Å². The number of fused-ring (bicyclic) bond motifs is 2. The molecule has 4 rings (SSSR count). The lowest BCUT2D eigenvalue weighted by atomic mass is 10.1. The molecule has 0 bridgehead atoms. The predicted octanol–water partition coefficient (Wildman–Crippen LogP) is 3.86. The van der Waals surface area contributed by atoms with Crippen LogP contribution < -0.4 is 5.32 Å². The highest BCUT2D eigenvalue weighted by molar-refractivity contribution is 5.89. The molecule has 5 nitrogen and oxygen atoms in total. The fraction of sp³-hybridized carbons (Fsp3) is 0.211. The van der Waals surface area contributed by atoms with E-state index in [-0.39, 0.29) is 0 Å². The lowest BCUT2D eigenvalue weighted by Crippen LogP contribution is -2.06. The summed E-state index contributed by atoms with van der Waals surface area (Å²) in [6, 6.07) is 14.3. The van der Waals surface area contributed by atoms with Crippen LogP contribution in [0.5, 0.6) is 0 Å². The van der Waals surface area contributed by atoms with Crippen LogP contribution in [0, 0.1) is 6.92 Å². The van der Waals surface area contributed by atoms with Crippen LogP contribution >= 0.6 is 0 Å². The van der Waals surface area contributed by atoms with Crippen molar-refractivity contribution in [3.63, 3.8) is 0 Å². The van der Waals surface area contributed by atoms with Crippen molar-refractivity contribution in [1.29, 1.82) is 0 Å². The molecule has 2 aromatic heterocycles. The normalized spacial score (nSPS) is 11.2. The largest absolute Gasteiger partial charge is 0.369 e. The number of aromatic amines is 1. The average Bonchev–Trinajstić information content (AvgIpc) is 3.01. The van der Waals surface area contributed by atoms with E-state index in [1.807, 2.05) is 24.3 Å². The summed E-state index contributed by atoms with van der Waals surface area (Å²) in [4.78, 5) is 16.7. The third-order valence-corrected chi connectivity index (χ3v) is 4.11. The van der Waals surface area contributed by atoms with Crippen molar-refractivity contribution in [2.45, 2.75) is 19.8 Å². The number of aryl methyl sites for hydroxylation is 2. The second-order valence-electron chi connectivity index (χ2n) is 5.97. The Hall–Kier alpha value is -2.95. The lowest BCUT2D eigenvalue weighted by Gasteiger charge is -2.08. The van der Waals surface area contributed by atoms with Crippen LogP contribution in [0.25, 0.3) is 21.9 Å². The van der Waals surface area contributed by atoms with Crippen LogP contribution in [0.15, 0.2) is 48.8 Å². The van der Waals surface area contributed by atoms with Crippen molar-refractivity contribution in [3.05, 3.63) is 60.2 Å². The summed E-state index contributed by atoms with van der Waals surface area (Å²) in [7, 11) is 0. The Kier molecular flexibility index (Phi) is 3.83. The van der Waals surface area contributed by atoms with Gasteiger partial charge in [-0.2, -0.15) is 0 Å². The second kappa shape index (κ2) is 6.28. The van der Waals surface area contributed by atoms with E-state index in [0.29, 0.717) is 0 Å². The molecule has 0 unspecified atom stereocenters. The molecule has 4 aromatic rings. The topological polar surface area (TPSA) is 66.5 Å². The Bertz CT molecular complexity index is 956. The first-order valence-corrected chi connectivity index (χ1v) is 8.18. The molecule has 2 N–H and O–H groups in total. The van der Waals surface area contributed by atoms with Gasteiger partial charge in [-0.05, 0) is 37.6 Å². The monoisotopic (exact) mass is 317 g/mol. The lowest BCUT2D eigenvalue weighted by molar-refractivity contribution is 0.818. The van der Waals surface area contributed by atoms with Crippen LogP contribution in [0.3, 0.4) is 0 Å². The average molecular weight is 317 g/mol. The van der Waals surface area contributed by atoms with Crippen molar-refractivity contribution in [1.82, 2.24) is 19.9 Å². The third-order valence-electron chi connectivity index (χ3n) is 4.11. The van der Waals surface area contributed by atoms with Crippen molar-refractivity contribution in [2.75, 3.05) is 11.9 Å². The summed E-state index contributed by atoms with van der Waals surface area (Å²) in [5, 5.41) is 4.50. The smallest absolute Gasteiger partial charge is 0.137 e. The summed E-state index contributed by atoms with van der Waals surface area (Å²) in [6.07, 6.45) is 3.50. The Morgan fingerprint density at radius 3 is 2.88 bits per heavy atom. The van der Waals surface area contributed by atoms with Crippen LogP contribution in [0.2, 0.25) is 0 Å². The van der Waals surface area contributed by atoms with Crippen LogP contribution in [-0.2, 0) is 6.42 Å². The van der Waals surface area contributed by atoms with Gasteiger partial charge in [-0.15, -0.1) is 0 Å². The third kappa shape index (κ3) is 2.93. The molecule has 2 heterocycles. The summed E-state index contributed by atoms with van der Waals surface area (Å²) in [6.45, 7) is 2.93. The molecule has 0 spiro atoms. The van der Waals surface area contributed by atoms with Crippen LogP contribution in [-0.4, -0.2) is 26.5 Å².